The van der Waals surface area contributed by atoms with E-state index in [9.17, 15) is 23.2 Å². The summed E-state index contributed by atoms with van der Waals surface area (Å²) in [6, 6.07) is 1.85. The summed E-state index contributed by atoms with van der Waals surface area (Å²) in [5, 5.41) is 4.60. The van der Waals surface area contributed by atoms with E-state index < -0.39 is 35.5 Å². The average Bonchev–Trinajstić information content (AvgIpc) is 2.96. The Bertz CT molecular complexity index is 887. The molecule has 1 unspecified atom stereocenters. The highest BCUT2D eigenvalue weighted by atomic mass is 19.3. The smallest absolute Gasteiger partial charge is 0.301 e. The number of nitrogens with two attached hydrogens (primary N) is 1. The Morgan fingerprint density at radius 2 is 2.12 bits per heavy atom. The number of benzene rings is 1. The molecule has 0 bridgehead atoms. The quantitative estimate of drug-likeness (QED) is 0.480. The van der Waals surface area contributed by atoms with Gasteiger partial charge in [0.2, 0.25) is 11.8 Å². The largest absolute Gasteiger partial charge is 0.397 e. The highest BCUT2D eigenvalue weighted by Gasteiger charge is 2.31. The summed E-state index contributed by atoms with van der Waals surface area (Å²) in [6.45, 7) is 0.671. The van der Waals surface area contributed by atoms with Crippen LogP contribution in [0, 0.1) is 0 Å². The first-order valence-electron chi connectivity index (χ1n) is 7.48. The molecule has 10 heteroatoms. The van der Waals surface area contributed by atoms with Gasteiger partial charge in [0.05, 0.1) is 16.8 Å². The Hall–Kier alpha value is -3.04. The summed E-state index contributed by atoms with van der Waals surface area (Å²) in [5.41, 5.74) is 6.02. The molecule has 2 heterocycles. The molecule has 1 atom stereocenters. The molecule has 1 aromatic carbocycles. The van der Waals surface area contributed by atoms with Gasteiger partial charge in [-0.25, -0.2) is 4.98 Å². The Morgan fingerprint density at radius 3 is 2.76 bits per heavy atom. The maximum atomic E-state index is 13.5. The number of anilines is 1. The van der Waals surface area contributed by atoms with Crippen molar-refractivity contribution in [3.05, 3.63) is 23.5 Å². The number of halogens is 2. The molecule has 8 nitrogen and oxygen atoms in total. The molecule has 1 fully saturated rings. The number of alkyl halides is 2. The molecule has 2 aromatic rings. The number of aromatic amines is 1. The topological polar surface area (TPSA) is 130 Å². The van der Waals surface area contributed by atoms with Crippen LogP contribution in [0.25, 0.3) is 11.0 Å². The van der Waals surface area contributed by atoms with E-state index >= 15 is 0 Å². The molecule has 3 amide bonds. The van der Waals surface area contributed by atoms with Crippen LogP contribution in [0.4, 0.5) is 14.5 Å². The molecule has 132 valence electrons. The van der Waals surface area contributed by atoms with Gasteiger partial charge >= 0.3 is 5.92 Å². The van der Waals surface area contributed by atoms with Gasteiger partial charge < -0.3 is 16.0 Å². The summed E-state index contributed by atoms with van der Waals surface area (Å²) in [5.74, 6) is -5.54. The lowest BCUT2D eigenvalue weighted by atomic mass is 10.0. The molecule has 0 aliphatic carbocycles. The van der Waals surface area contributed by atoms with Crippen LogP contribution in [0.5, 0.6) is 0 Å². The minimum Gasteiger partial charge on any atom is -0.397 e. The second kappa shape index (κ2) is 5.80. The minimum absolute atomic E-state index is 0.000602. The SMILES string of the molecule is CC(F)(F)c1nc2c(C(=O)NC3CCC(=O)NC3=O)ccc(N)c2[nH]1. The van der Waals surface area contributed by atoms with Crippen LogP contribution in [0.3, 0.4) is 0 Å². The molecule has 0 saturated carbocycles. The normalized spacial score (nSPS) is 18.3. The standard InChI is InChI=1S/C15H15F2N5O3/c1-15(16,17)14-21-10-6(2-3-7(18)11(10)22-14)12(24)19-8-4-5-9(23)20-13(8)25/h2-3,8H,4-5,18H2,1H3,(H,19,24)(H,21,22)(H,20,23,25). The van der Waals surface area contributed by atoms with E-state index in [0.717, 1.165) is 0 Å². The third-order valence-corrected chi connectivity index (χ3v) is 3.88. The maximum absolute atomic E-state index is 13.5. The van der Waals surface area contributed by atoms with Crippen LogP contribution in [0.2, 0.25) is 0 Å². The number of imidazole rings is 1. The number of nitrogen functional groups attached to an aromatic ring is 1. The van der Waals surface area contributed by atoms with Crippen LogP contribution in [0.15, 0.2) is 12.1 Å². The predicted octanol–water partition coefficient (Wildman–Crippen LogP) is 0.792. The van der Waals surface area contributed by atoms with Crippen LogP contribution < -0.4 is 16.4 Å². The molecule has 25 heavy (non-hydrogen) atoms. The number of rotatable bonds is 3. The number of nitrogens with one attached hydrogen (secondary N) is 3. The number of carbonyl (C=O) groups is 3. The highest BCUT2D eigenvalue weighted by Crippen LogP contribution is 2.30. The Balaban J connectivity index is 1.94. The van der Waals surface area contributed by atoms with E-state index in [0.29, 0.717) is 6.92 Å². The van der Waals surface area contributed by atoms with Crippen molar-refractivity contribution in [2.75, 3.05) is 5.73 Å². The Morgan fingerprint density at radius 1 is 1.40 bits per heavy atom. The first-order valence-corrected chi connectivity index (χ1v) is 7.48. The molecule has 0 spiro atoms. The molecule has 1 aliphatic rings. The monoisotopic (exact) mass is 351 g/mol. The Labute approximate surface area is 140 Å². The number of fused-ring (bicyclic) bond motifs is 1. The fourth-order valence-electron chi connectivity index (χ4n) is 2.57. The zero-order valence-electron chi connectivity index (χ0n) is 13.2. The number of carbonyl (C=O) groups excluding carboxylic acids is 3. The molecular formula is C15H15F2N5O3. The van der Waals surface area contributed by atoms with Gasteiger partial charge in [0.25, 0.3) is 5.91 Å². The lowest BCUT2D eigenvalue weighted by Crippen LogP contribution is -2.52. The first-order chi connectivity index (χ1) is 11.7. The number of piperidine rings is 1. The average molecular weight is 351 g/mol. The van der Waals surface area contributed by atoms with E-state index in [1.54, 1.807) is 0 Å². The molecule has 1 saturated heterocycles. The van der Waals surface area contributed by atoms with Crippen molar-refractivity contribution < 1.29 is 23.2 Å². The molecular weight excluding hydrogens is 336 g/mol. The maximum Gasteiger partial charge on any atom is 0.301 e. The van der Waals surface area contributed by atoms with E-state index in [2.05, 4.69) is 20.6 Å². The van der Waals surface area contributed by atoms with Crippen molar-refractivity contribution in [1.82, 2.24) is 20.6 Å². The summed E-state index contributed by atoms with van der Waals surface area (Å²) in [7, 11) is 0. The van der Waals surface area contributed by atoms with E-state index in [-0.39, 0.29) is 35.1 Å². The Kier molecular flexibility index (Phi) is 3.90. The third kappa shape index (κ3) is 3.14. The van der Waals surface area contributed by atoms with Crippen LogP contribution in [0.1, 0.15) is 35.9 Å². The number of H-pyrrole nitrogens is 1. The van der Waals surface area contributed by atoms with Crippen LogP contribution in [-0.4, -0.2) is 33.7 Å². The minimum atomic E-state index is -3.23. The summed E-state index contributed by atoms with van der Waals surface area (Å²) >= 11 is 0. The summed E-state index contributed by atoms with van der Waals surface area (Å²) < 4.78 is 27.0. The van der Waals surface area contributed by atoms with Crippen molar-refractivity contribution in [2.45, 2.75) is 31.7 Å². The number of nitrogens with zero attached hydrogens (tertiary/aromatic N) is 1. The van der Waals surface area contributed by atoms with Gasteiger partial charge in [-0.05, 0) is 18.6 Å². The second-order valence-electron chi connectivity index (χ2n) is 5.88. The van der Waals surface area contributed by atoms with Gasteiger partial charge in [-0.2, -0.15) is 8.78 Å². The van der Waals surface area contributed by atoms with Gasteiger partial charge in [-0.1, -0.05) is 0 Å². The zero-order chi connectivity index (χ0) is 18.4. The van der Waals surface area contributed by atoms with Crippen molar-refractivity contribution in [1.29, 1.82) is 0 Å². The molecule has 1 aromatic heterocycles. The number of imide groups is 1. The third-order valence-electron chi connectivity index (χ3n) is 3.88. The van der Waals surface area contributed by atoms with Crippen molar-refractivity contribution in [2.24, 2.45) is 0 Å². The van der Waals surface area contributed by atoms with Crippen molar-refractivity contribution in [3.63, 3.8) is 0 Å². The lowest BCUT2D eigenvalue weighted by molar-refractivity contribution is -0.134. The number of hydrogen-bond donors (Lipinski definition) is 4. The number of amides is 3. The van der Waals surface area contributed by atoms with Crippen LogP contribution >= 0.6 is 0 Å². The van der Waals surface area contributed by atoms with Gasteiger partial charge in [-0.15, -0.1) is 0 Å². The van der Waals surface area contributed by atoms with Gasteiger partial charge in [0.15, 0.2) is 5.82 Å². The zero-order valence-corrected chi connectivity index (χ0v) is 13.2. The number of hydrogen-bond acceptors (Lipinski definition) is 5. The molecule has 1 aliphatic heterocycles. The van der Waals surface area contributed by atoms with E-state index in [1.165, 1.54) is 12.1 Å². The van der Waals surface area contributed by atoms with Gasteiger partial charge in [0, 0.05) is 13.3 Å². The molecule has 0 radical (unpaired) electrons. The number of aromatic nitrogens is 2. The fourth-order valence-corrected chi connectivity index (χ4v) is 2.57. The molecule has 3 rings (SSSR count). The summed E-state index contributed by atoms with van der Waals surface area (Å²) in [4.78, 5) is 41.6. The first kappa shape index (κ1) is 16.8. The fraction of sp³-hybridized carbons (Fsp3) is 0.333. The van der Waals surface area contributed by atoms with Crippen molar-refractivity contribution >= 4 is 34.4 Å². The predicted molar refractivity (Wildman–Crippen MR) is 83.7 cm³/mol. The van der Waals surface area contributed by atoms with Gasteiger partial charge in [-0.3, -0.25) is 19.7 Å². The highest BCUT2D eigenvalue weighted by molar-refractivity contribution is 6.09. The van der Waals surface area contributed by atoms with Gasteiger partial charge in [0.1, 0.15) is 11.6 Å². The second-order valence-corrected chi connectivity index (χ2v) is 5.88. The van der Waals surface area contributed by atoms with E-state index in [4.69, 9.17) is 5.73 Å². The molecule has 5 N–H and O–H groups in total. The van der Waals surface area contributed by atoms with Crippen molar-refractivity contribution in [3.8, 4) is 0 Å². The van der Waals surface area contributed by atoms with E-state index in [1.807, 2.05) is 0 Å². The lowest BCUT2D eigenvalue weighted by Gasteiger charge is -2.21. The van der Waals surface area contributed by atoms with Crippen LogP contribution in [-0.2, 0) is 15.5 Å². The summed E-state index contributed by atoms with van der Waals surface area (Å²) in [6.07, 6.45) is 0.260.